The van der Waals surface area contributed by atoms with E-state index in [1.54, 1.807) is 15.9 Å². The number of piperidine rings is 1. The Bertz CT molecular complexity index is 949. The fourth-order valence-electron chi connectivity index (χ4n) is 4.75. The van der Waals surface area contributed by atoms with E-state index in [9.17, 15) is 5.11 Å². The van der Waals surface area contributed by atoms with Gasteiger partial charge in [-0.3, -0.25) is 0 Å². The Hall–Kier alpha value is -1.92. The molecule has 1 aliphatic rings. The van der Waals surface area contributed by atoms with E-state index >= 15 is 0 Å². The van der Waals surface area contributed by atoms with Gasteiger partial charge in [0.1, 0.15) is 10.7 Å². The summed E-state index contributed by atoms with van der Waals surface area (Å²) in [6.45, 7) is 13.2. The van der Waals surface area contributed by atoms with Gasteiger partial charge < -0.3 is 10.0 Å². The zero-order chi connectivity index (χ0) is 20.0. The molecular formula is C22H31N4OS+. The van der Waals surface area contributed by atoms with Crippen LogP contribution in [0.3, 0.4) is 0 Å². The lowest BCUT2D eigenvalue weighted by Crippen LogP contribution is -3.14. The van der Waals surface area contributed by atoms with Crippen molar-refractivity contribution in [3.63, 3.8) is 0 Å². The number of hydrogen-bond acceptors (Lipinski definition) is 4. The van der Waals surface area contributed by atoms with Crippen molar-refractivity contribution in [3.05, 3.63) is 46.1 Å². The van der Waals surface area contributed by atoms with Crippen LogP contribution in [0.15, 0.2) is 24.3 Å². The van der Waals surface area contributed by atoms with Crippen molar-refractivity contribution in [1.82, 2.24) is 14.6 Å². The number of aromatic nitrogens is 3. The fourth-order valence-corrected chi connectivity index (χ4v) is 5.94. The smallest absolute Gasteiger partial charge is 0.235 e. The van der Waals surface area contributed by atoms with Gasteiger partial charge in [-0.2, -0.15) is 4.52 Å². The second kappa shape index (κ2) is 7.48. The molecule has 2 aromatic heterocycles. The summed E-state index contributed by atoms with van der Waals surface area (Å²) in [6.07, 6.45) is 1.28. The molecule has 3 aromatic rings. The van der Waals surface area contributed by atoms with Crippen LogP contribution in [0.25, 0.3) is 4.96 Å². The van der Waals surface area contributed by atoms with Gasteiger partial charge in [0, 0.05) is 17.4 Å². The highest BCUT2D eigenvalue weighted by atomic mass is 32.1. The third-order valence-electron chi connectivity index (χ3n) is 5.94. The molecule has 1 fully saturated rings. The van der Waals surface area contributed by atoms with Crippen LogP contribution in [0.1, 0.15) is 67.9 Å². The molecule has 0 amide bonds. The molecule has 0 saturated carbocycles. The highest BCUT2D eigenvalue weighted by Crippen LogP contribution is 2.36. The molecule has 0 bridgehead atoms. The number of aromatic hydroxyl groups is 1. The number of likely N-dealkylation sites (tertiary alicyclic amines) is 1. The summed E-state index contributed by atoms with van der Waals surface area (Å²) in [5.41, 5.74) is 2.61. The number of benzene rings is 1. The zero-order valence-electron chi connectivity index (χ0n) is 17.4. The summed E-state index contributed by atoms with van der Waals surface area (Å²) in [4.78, 5) is 7.76. The molecule has 4 rings (SSSR count). The predicted octanol–water partition coefficient (Wildman–Crippen LogP) is 3.58. The Morgan fingerprint density at radius 2 is 1.71 bits per heavy atom. The van der Waals surface area contributed by atoms with E-state index in [0.29, 0.717) is 23.6 Å². The van der Waals surface area contributed by atoms with E-state index in [1.165, 1.54) is 22.4 Å². The first-order valence-electron chi connectivity index (χ1n) is 10.3. The number of nitrogens with zero attached hydrogens (tertiary/aromatic N) is 3. The largest absolute Gasteiger partial charge is 0.492 e. The lowest BCUT2D eigenvalue weighted by molar-refractivity contribution is -0.936. The first kappa shape index (κ1) is 19.4. The van der Waals surface area contributed by atoms with Crippen LogP contribution in [0.5, 0.6) is 5.88 Å². The highest BCUT2D eigenvalue weighted by molar-refractivity contribution is 7.17. The molecule has 0 spiro atoms. The van der Waals surface area contributed by atoms with E-state index in [2.05, 4.69) is 62.0 Å². The van der Waals surface area contributed by atoms with Crippen molar-refractivity contribution in [3.8, 4) is 5.88 Å². The van der Waals surface area contributed by atoms with E-state index in [0.717, 1.165) is 22.9 Å². The van der Waals surface area contributed by atoms with Crippen molar-refractivity contribution in [2.75, 3.05) is 13.1 Å². The molecule has 1 aliphatic heterocycles. The van der Waals surface area contributed by atoms with Crippen LogP contribution in [0.2, 0.25) is 0 Å². The van der Waals surface area contributed by atoms with Gasteiger partial charge in [-0.1, -0.05) is 63.3 Å². The summed E-state index contributed by atoms with van der Waals surface area (Å²) in [5, 5.41) is 15.4. The molecule has 5 nitrogen and oxygen atoms in total. The van der Waals surface area contributed by atoms with Crippen LogP contribution in [-0.4, -0.2) is 32.8 Å². The van der Waals surface area contributed by atoms with Crippen LogP contribution in [-0.2, 0) is 0 Å². The Morgan fingerprint density at radius 1 is 1.11 bits per heavy atom. The highest BCUT2D eigenvalue weighted by Gasteiger charge is 2.37. The first-order chi connectivity index (χ1) is 13.3. The van der Waals surface area contributed by atoms with Gasteiger partial charge in [0.25, 0.3) is 0 Å². The number of nitrogens with one attached hydrogen (secondary N) is 1. The fraction of sp³-hybridized carbons (Fsp3) is 0.545. The van der Waals surface area contributed by atoms with Crippen LogP contribution in [0.4, 0.5) is 0 Å². The Labute approximate surface area is 171 Å². The van der Waals surface area contributed by atoms with Crippen LogP contribution >= 0.6 is 11.3 Å². The molecule has 0 aliphatic carbocycles. The number of rotatable bonds is 4. The summed E-state index contributed by atoms with van der Waals surface area (Å²) >= 11 is 1.57. The van der Waals surface area contributed by atoms with Gasteiger partial charge in [-0.25, -0.2) is 4.98 Å². The standard InChI is InChI=1S/C22H30N4OS/c1-13(2)17-6-8-18(9-7-17)19(25-11-14(3)10-15(4)12-25)20-21(27)26-22(28-20)23-16(5)24-26/h6-9,13-15,19,27H,10-12H2,1-5H3/p+1/t14-,15-,19+/m0/s1. The quantitative estimate of drug-likeness (QED) is 0.705. The zero-order valence-corrected chi connectivity index (χ0v) is 18.3. The predicted molar refractivity (Wildman–Crippen MR) is 113 cm³/mol. The molecule has 6 heteroatoms. The minimum absolute atomic E-state index is 0.111. The Kier molecular flexibility index (Phi) is 5.19. The number of thiazole rings is 1. The number of aryl methyl sites for hydroxylation is 1. The van der Waals surface area contributed by atoms with Gasteiger partial charge in [0.05, 0.1) is 13.1 Å². The lowest BCUT2D eigenvalue weighted by atomic mass is 9.89. The molecule has 1 saturated heterocycles. The van der Waals surface area contributed by atoms with Gasteiger partial charge in [-0.05, 0) is 24.8 Å². The summed E-state index contributed by atoms with van der Waals surface area (Å²) in [7, 11) is 0. The topological polar surface area (TPSA) is 54.9 Å². The van der Waals surface area contributed by atoms with Crippen molar-refractivity contribution in [1.29, 1.82) is 0 Å². The normalized spacial score (nSPS) is 24.1. The average Bonchev–Trinajstić information content (AvgIpc) is 3.13. The maximum Gasteiger partial charge on any atom is 0.235 e. The lowest BCUT2D eigenvalue weighted by Gasteiger charge is -2.37. The van der Waals surface area contributed by atoms with Crippen molar-refractivity contribution < 1.29 is 10.0 Å². The molecule has 150 valence electrons. The second-order valence-corrected chi connectivity index (χ2v) is 9.92. The average molecular weight is 400 g/mol. The van der Waals surface area contributed by atoms with Gasteiger partial charge in [-0.15, -0.1) is 5.10 Å². The molecule has 3 atom stereocenters. The van der Waals surface area contributed by atoms with Crippen molar-refractivity contribution in [2.45, 2.75) is 53.0 Å². The first-order valence-corrected chi connectivity index (χ1v) is 11.1. The number of quaternary nitrogens is 1. The molecule has 1 aromatic carbocycles. The van der Waals surface area contributed by atoms with E-state index in [-0.39, 0.29) is 11.9 Å². The molecule has 0 unspecified atom stereocenters. The van der Waals surface area contributed by atoms with Crippen LogP contribution < -0.4 is 4.90 Å². The maximum atomic E-state index is 11.0. The summed E-state index contributed by atoms with van der Waals surface area (Å²) in [6, 6.07) is 9.08. The molecule has 0 radical (unpaired) electrons. The maximum absolute atomic E-state index is 11.0. The summed E-state index contributed by atoms with van der Waals surface area (Å²) in [5.74, 6) is 2.82. The second-order valence-electron chi connectivity index (χ2n) is 8.91. The van der Waals surface area contributed by atoms with E-state index < -0.39 is 0 Å². The SMILES string of the molecule is Cc1nc2sc([C@@H](c3ccc(C(C)C)cc3)[NH+]3C[C@@H](C)C[C@H](C)C3)c(O)n2n1. The van der Waals surface area contributed by atoms with Crippen molar-refractivity contribution >= 4 is 16.3 Å². The van der Waals surface area contributed by atoms with Gasteiger partial charge >= 0.3 is 0 Å². The molecule has 2 N–H and O–H groups in total. The molecule has 28 heavy (non-hydrogen) atoms. The molecule has 3 heterocycles. The summed E-state index contributed by atoms with van der Waals surface area (Å²) < 4.78 is 1.60. The molecular weight excluding hydrogens is 368 g/mol. The third-order valence-corrected chi connectivity index (χ3v) is 7.02. The Morgan fingerprint density at radius 3 is 2.29 bits per heavy atom. The Balaban J connectivity index is 1.80. The van der Waals surface area contributed by atoms with Crippen LogP contribution in [0, 0.1) is 18.8 Å². The minimum atomic E-state index is 0.111. The van der Waals surface area contributed by atoms with Gasteiger partial charge in [0.2, 0.25) is 10.8 Å². The van der Waals surface area contributed by atoms with Gasteiger partial charge in [0.15, 0.2) is 6.04 Å². The van der Waals surface area contributed by atoms with E-state index in [1.807, 2.05) is 6.92 Å². The number of hydrogen-bond donors (Lipinski definition) is 2. The minimum Gasteiger partial charge on any atom is -0.492 e. The monoisotopic (exact) mass is 399 g/mol. The number of fused-ring (bicyclic) bond motifs is 1. The third kappa shape index (κ3) is 3.55. The van der Waals surface area contributed by atoms with E-state index in [4.69, 9.17) is 0 Å². The van der Waals surface area contributed by atoms with Crippen molar-refractivity contribution in [2.24, 2.45) is 11.8 Å².